The van der Waals surface area contributed by atoms with Crippen LogP contribution in [0.2, 0.25) is 0 Å². The van der Waals surface area contributed by atoms with E-state index in [0.717, 1.165) is 26.1 Å². The molecular weight excluding hydrogens is 232 g/mol. The van der Waals surface area contributed by atoms with Gasteiger partial charge in [0.05, 0.1) is 12.6 Å². The zero-order valence-corrected chi connectivity index (χ0v) is 11.6. The molecule has 2 unspecified atom stereocenters. The van der Waals surface area contributed by atoms with Gasteiger partial charge in [-0.15, -0.1) is 0 Å². The second kappa shape index (κ2) is 7.71. The van der Waals surface area contributed by atoms with Gasteiger partial charge in [-0.25, -0.2) is 0 Å². The molecule has 0 bridgehead atoms. The Hall–Kier alpha value is -0.650. The average molecular weight is 258 g/mol. The molecule has 18 heavy (non-hydrogen) atoms. The third kappa shape index (κ3) is 4.92. The van der Waals surface area contributed by atoms with Gasteiger partial charge in [-0.2, -0.15) is 0 Å². The molecule has 0 spiro atoms. The fourth-order valence-corrected chi connectivity index (χ4v) is 2.07. The zero-order chi connectivity index (χ0) is 13.5. The molecule has 3 N–H and O–H groups in total. The fraction of sp³-hybridized carbons (Fsp3) is 0.923. The van der Waals surface area contributed by atoms with E-state index in [1.54, 1.807) is 6.92 Å². The van der Waals surface area contributed by atoms with Crippen molar-refractivity contribution in [1.29, 1.82) is 0 Å². The van der Waals surface area contributed by atoms with E-state index >= 15 is 0 Å². The van der Waals surface area contributed by atoms with E-state index < -0.39 is 0 Å². The predicted molar refractivity (Wildman–Crippen MR) is 70.3 cm³/mol. The minimum atomic E-state index is -0.206. The number of hydrogen-bond acceptors (Lipinski definition) is 4. The molecule has 1 heterocycles. The molecule has 2 atom stereocenters. The van der Waals surface area contributed by atoms with Crippen molar-refractivity contribution in [2.75, 3.05) is 19.8 Å². The summed E-state index contributed by atoms with van der Waals surface area (Å²) in [5.41, 5.74) is 0. The maximum Gasteiger partial charge on any atom is 0.237 e. The van der Waals surface area contributed by atoms with E-state index in [2.05, 4.69) is 10.6 Å². The molecule has 0 aromatic carbocycles. The molecule has 0 saturated carbocycles. The Balaban J connectivity index is 2.50. The lowest BCUT2D eigenvalue weighted by molar-refractivity contribution is -0.125. The zero-order valence-electron chi connectivity index (χ0n) is 11.6. The molecule has 5 heteroatoms. The summed E-state index contributed by atoms with van der Waals surface area (Å²) in [5.74, 6) is 0.191. The Morgan fingerprint density at radius 3 is 2.44 bits per heavy atom. The highest BCUT2D eigenvalue weighted by molar-refractivity contribution is 5.82. The minimum absolute atomic E-state index is 0.0296. The van der Waals surface area contributed by atoms with Gasteiger partial charge in [0.15, 0.2) is 0 Å². The smallest absolute Gasteiger partial charge is 0.237 e. The number of carbonyl (C=O) groups excluding carboxylic acids is 1. The molecule has 5 nitrogen and oxygen atoms in total. The summed E-state index contributed by atoms with van der Waals surface area (Å²) < 4.78 is 5.31. The highest BCUT2D eigenvalue weighted by Gasteiger charge is 2.26. The maximum absolute atomic E-state index is 12.1. The van der Waals surface area contributed by atoms with Crippen LogP contribution in [-0.2, 0) is 9.53 Å². The van der Waals surface area contributed by atoms with Crippen molar-refractivity contribution in [3.8, 4) is 0 Å². The van der Waals surface area contributed by atoms with Gasteiger partial charge in [-0.1, -0.05) is 13.8 Å². The van der Waals surface area contributed by atoms with Gasteiger partial charge in [-0.05, 0) is 25.7 Å². The van der Waals surface area contributed by atoms with Crippen molar-refractivity contribution in [2.24, 2.45) is 5.92 Å². The molecule has 1 rings (SSSR count). The van der Waals surface area contributed by atoms with Crippen LogP contribution in [0.5, 0.6) is 0 Å². The van der Waals surface area contributed by atoms with E-state index in [-0.39, 0.29) is 30.5 Å². The SMILES string of the molecule is CC(CO)NC(=O)C(NC1CCOCC1)C(C)C. The lowest BCUT2D eigenvalue weighted by atomic mass is 9.99. The normalized spacial score (nSPS) is 20.7. The fourth-order valence-electron chi connectivity index (χ4n) is 2.07. The van der Waals surface area contributed by atoms with E-state index in [1.807, 2.05) is 13.8 Å². The summed E-state index contributed by atoms with van der Waals surface area (Å²) in [5, 5.41) is 15.2. The molecule has 1 aliphatic rings. The Bertz CT molecular complexity index is 253. The number of aliphatic hydroxyl groups is 1. The van der Waals surface area contributed by atoms with Crippen LogP contribution in [0.4, 0.5) is 0 Å². The average Bonchev–Trinajstić information content (AvgIpc) is 2.36. The first-order valence-corrected chi connectivity index (χ1v) is 6.79. The number of rotatable bonds is 6. The third-order valence-electron chi connectivity index (χ3n) is 3.25. The number of amides is 1. The molecule has 1 saturated heterocycles. The van der Waals surface area contributed by atoms with Crippen LogP contribution < -0.4 is 10.6 Å². The van der Waals surface area contributed by atoms with Crippen molar-refractivity contribution in [3.63, 3.8) is 0 Å². The monoisotopic (exact) mass is 258 g/mol. The summed E-state index contributed by atoms with van der Waals surface area (Å²) >= 11 is 0. The first kappa shape index (κ1) is 15.4. The van der Waals surface area contributed by atoms with Crippen LogP contribution in [0.15, 0.2) is 0 Å². The molecule has 1 fully saturated rings. The molecule has 0 aliphatic carbocycles. The van der Waals surface area contributed by atoms with Crippen LogP contribution in [0.3, 0.4) is 0 Å². The molecular formula is C13H26N2O3. The van der Waals surface area contributed by atoms with Gasteiger partial charge in [0.25, 0.3) is 0 Å². The van der Waals surface area contributed by atoms with E-state index in [0.29, 0.717) is 6.04 Å². The summed E-state index contributed by atoms with van der Waals surface area (Å²) in [4.78, 5) is 12.1. The van der Waals surface area contributed by atoms with Crippen LogP contribution in [0.25, 0.3) is 0 Å². The maximum atomic E-state index is 12.1. The third-order valence-corrected chi connectivity index (χ3v) is 3.25. The molecule has 1 aliphatic heterocycles. The van der Waals surface area contributed by atoms with Crippen molar-refractivity contribution >= 4 is 5.91 Å². The molecule has 0 radical (unpaired) electrons. The number of aliphatic hydroxyl groups excluding tert-OH is 1. The minimum Gasteiger partial charge on any atom is -0.394 e. The van der Waals surface area contributed by atoms with E-state index in [9.17, 15) is 4.79 Å². The van der Waals surface area contributed by atoms with Gasteiger partial charge in [0.1, 0.15) is 0 Å². The largest absolute Gasteiger partial charge is 0.394 e. The molecule has 1 amide bonds. The highest BCUT2D eigenvalue weighted by atomic mass is 16.5. The molecule has 0 aromatic rings. The van der Waals surface area contributed by atoms with Gasteiger partial charge in [0, 0.05) is 25.3 Å². The summed E-state index contributed by atoms with van der Waals surface area (Å²) in [6, 6.07) is -0.0568. The number of hydrogen-bond donors (Lipinski definition) is 3. The number of carbonyl (C=O) groups is 1. The number of ether oxygens (including phenoxy) is 1. The first-order chi connectivity index (χ1) is 8.54. The van der Waals surface area contributed by atoms with Crippen LogP contribution in [0, 0.1) is 5.92 Å². The lowest BCUT2D eigenvalue weighted by Gasteiger charge is -2.30. The standard InChI is InChI=1S/C13H26N2O3/c1-9(2)12(13(17)14-10(3)8-16)15-11-4-6-18-7-5-11/h9-12,15-16H,4-8H2,1-3H3,(H,14,17). The molecule has 0 aromatic heterocycles. The van der Waals surface area contributed by atoms with Crippen molar-refractivity contribution in [3.05, 3.63) is 0 Å². The first-order valence-electron chi connectivity index (χ1n) is 6.79. The van der Waals surface area contributed by atoms with Crippen LogP contribution in [0.1, 0.15) is 33.6 Å². The number of nitrogens with one attached hydrogen (secondary N) is 2. The van der Waals surface area contributed by atoms with Crippen molar-refractivity contribution in [1.82, 2.24) is 10.6 Å². The Kier molecular flexibility index (Phi) is 6.60. The van der Waals surface area contributed by atoms with Gasteiger partial charge in [0.2, 0.25) is 5.91 Å². The quantitative estimate of drug-likeness (QED) is 0.640. The summed E-state index contributed by atoms with van der Waals surface area (Å²) in [6.45, 7) is 7.34. The van der Waals surface area contributed by atoms with E-state index in [1.165, 1.54) is 0 Å². The Labute approximate surface area is 109 Å². The second-order valence-corrected chi connectivity index (χ2v) is 5.37. The van der Waals surface area contributed by atoms with Gasteiger partial charge in [-0.3, -0.25) is 4.79 Å². The van der Waals surface area contributed by atoms with Crippen molar-refractivity contribution in [2.45, 2.75) is 51.7 Å². The van der Waals surface area contributed by atoms with E-state index in [4.69, 9.17) is 9.84 Å². The topological polar surface area (TPSA) is 70.6 Å². The molecule has 106 valence electrons. The summed E-state index contributed by atoms with van der Waals surface area (Å²) in [6.07, 6.45) is 1.90. The Morgan fingerprint density at radius 1 is 1.33 bits per heavy atom. The van der Waals surface area contributed by atoms with Crippen LogP contribution in [-0.4, -0.2) is 49.0 Å². The lowest BCUT2D eigenvalue weighted by Crippen LogP contribution is -2.54. The Morgan fingerprint density at radius 2 is 1.94 bits per heavy atom. The predicted octanol–water partition coefficient (Wildman–Crippen LogP) is 0.277. The van der Waals surface area contributed by atoms with Crippen LogP contribution >= 0.6 is 0 Å². The van der Waals surface area contributed by atoms with Crippen molar-refractivity contribution < 1.29 is 14.6 Å². The van der Waals surface area contributed by atoms with Gasteiger partial charge < -0.3 is 20.5 Å². The second-order valence-electron chi connectivity index (χ2n) is 5.37. The van der Waals surface area contributed by atoms with Gasteiger partial charge >= 0.3 is 0 Å². The highest BCUT2D eigenvalue weighted by Crippen LogP contribution is 2.11. The summed E-state index contributed by atoms with van der Waals surface area (Å²) in [7, 11) is 0.